The highest BCUT2D eigenvalue weighted by Gasteiger charge is 2.32. The maximum Gasteiger partial charge on any atom is 0.243 e. The van der Waals surface area contributed by atoms with Crippen LogP contribution < -0.4 is 5.32 Å². The van der Waals surface area contributed by atoms with Crippen molar-refractivity contribution in [1.29, 1.82) is 0 Å². The van der Waals surface area contributed by atoms with E-state index in [4.69, 9.17) is 23.2 Å². The van der Waals surface area contributed by atoms with Gasteiger partial charge in [0, 0.05) is 34.6 Å². The number of nitrogens with zero attached hydrogens (tertiary/aromatic N) is 1. The van der Waals surface area contributed by atoms with Crippen molar-refractivity contribution in [2.45, 2.75) is 77.4 Å². The number of carbonyl (C=O) groups is 2. The first-order valence-electron chi connectivity index (χ1n) is 13.4. The highest BCUT2D eigenvalue weighted by atomic mass is 35.5. The fraction of sp³-hybridized carbons (Fsp3) is 0.375. The summed E-state index contributed by atoms with van der Waals surface area (Å²) < 4.78 is 0. The Kier molecular flexibility index (Phi) is 9.87. The summed E-state index contributed by atoms with van der Waals surface area (Å²) in [6.45, 7) is 4.25. The van der Waals surface area contributed by atoms with Gasteiger partial charge in [-0.05, 0) is 61.1 Å². The summed E-state index contributed by atoms with van der Waals surface area (Å²) in [6.07, 6.45) is 5.95. The molecule has 4 nitrogen and oxygen atoms in total. The van der Waals surface area contributed by atoms with E-state index in [9.17, 15) is 9.59 Å². The molecular formula is C32H36Cl2N2O2. The van der Waals surface area contributed by atoms with Gasteiger partial charge >= 0.3 is 0 Å². The number of hydrogen-bond acceptors (Lipinski definition) is 2. The van der Waals surface area contributed by atoms with Gasteiger partial charge in [0.1, 0.15) is 6.04 Å². The minimum absolute atomic E-state index is 0.127. The third-order valence-corrected chi connectivity index (χ3v) is 8.25. The number of rotatable bonds is 9. The molecule has 1 saturated carbocycles. The van der Waals surface area contributed by atoms with Gasteiger partial charge in [-0.1, -0.05) is 97.1 Å². The third-order valence-electron chi connectivity index (χ3n) is 7.54. The molecule has 3 aromatic carbocycles. The molecule has 1 N–H and O–H groups in total. The van der Waals surface area contributed by atoms with Crippen molar-refractivity contribution in [3.8, 4) is 0 Å². The smallest absolute Gasteiger partial charge is 0.243 e. The van der Waals surface area contributed by atoms with Crippen molar-refractivity contribution in [2.24, 2.45) is 0 Å². The normalized spacial score (nSPS) is 14.6. The van der Waals surface area contributed by atoms with Crippen molar-refractivity contribution in [1.82, 2.24) is 10.2 Å². The highest BCUT2D eigenvalue weighted by molar-refractivity contribution is 6.36. The van der Waals surface area contributed by atoms with Crippen LogP contribution in [-0.4, -0.2) is 28.8 Å². The maximum atomic E-state index is 14.0. The lowest BCUT2D eigenvalue weighted by atomic mass is 9.94. The Balaban J connectivity index is 1.70. The molecule has 1 atom stereocenters. The number of amides is 2. The molecule has 4 rings (SSSR count). The van der Waals surface area contributed by atoms with E-state index in [2.05, 4.69) is 12.2 Å². The SMILES string of the molecule is Cc1ccc(CC(=O)N(Cc2c(Cl)cccc2Cl)[C@H](Cc2ccccc2)C(=O)NC2CCCCC2)cc1C. The van der Waals surface area contributed by atoms with Crippen LogP contribution in [-0.2, 0) is 29.0 Å². The van der Waals surface area contributed by atoms with Crippen molar-refractivity contribution >= 4 is 35.0 Å². The minimum Gasteiger partial charge on any atom is -0.352 e. The predicted molar refractivity (Wildman–Crippen MR) is 156 cm³/mol. The molecular weight excluding hydrogens is 515 g/mol. The van der Waals surface area contributed by atoms with Crippen molar-refractivity contribution < 1.29 is 9.59 Å². The van der Waals surface area contributed by atoms with Gasteiger partial charge in [-0.15, -0.1) is 0 Å². The molecule has 0 heterocycles. The topological polar surface area (TPSA) is 49.4 Å². The van der Waals surface area contributed by atoms with E-state index in [1.165, 1.54) is 12.0 Å². The zero-order valence-corrected chi connectivity index (χ0v) is 23.7. The van der Waals surface area contributed by atoms with E-state index >= 15 is 0 Å². The van der Waals surface area contributed by atoms with E-state index in [1.807, 2.05) is 55.5 Å². The molecule has 0 bridgehead atoms. The zero-order valence-electron chi connectivity index (χ0n) is 22.2. The molecule has 1 aliphatic carbocycles. The Morgan fingerprint density at radius 2 is 1.55 bits per heavy atom. The molecule has 0 aliphatic heterocycles. The summed E-state index contributed by atoms with van der Waals surface area (Å²) in [6, 6.07) is 20.7. The van der Waals surface area contributed by atoms with Gasteiger partial charge in [-0.2, -0.15) is 0 Å². The summed E-state index contributed by atoms with van der Waals surface area (Å²) in [5.41, 5.74) is 4.86. The summed E-state index contributed by atoms with van der Waals surface area (Å²) in [5.74, 6) is -0.263. The van der Waals surface area contributed by atoms with Crippen LogP contribution in [0.3, 0.4) is 0 Å². The van der Waals surface area contributed by atoms with Crippen molar-refractivity contribution in [2.75, 3.05) is 0 Å². The monoisotopic (exact) mass is 550 g/mol. The molecule has 0 aromatic heterocycles. The zero-order chi connectivity index (χ0) is 27.1. The van der Waals surface area contributed by atoms with Gasteiger partial charge < -0.3 is 10.2 Å². The second-order valence-electron chi connectivity index (χ2n) is 10.4. The average molecular weight is 552 g/mol. The van der Waals surface area contributed by atoms with Gasteiger partial charge in [0.25, 0.3) is 0 Å². The van der Waals surface area contributed by atoms with Crippen LogP contribution in [0.2, 0.25) is 10.0 Å². The summed E-state index contributed by atoms with van der Waals surface area (Å²) in [7, 11) is 0. The molecule has 2 amide bonds. The summed E-state index contributed by atoms with van der Waals surface area (Å²) >= 11 is 13.1. The Hall–Kier alpha value is -2.82. The Morgan fingerprint density at radius 1 is 0.868 bits per heavy atom. The maximum absolute atomic E-state index is 14.0. The first-order valence-corrected chi connectivity index (χ1v) is 14.2. The standard InChI is InChI=1S/C32H36Cl2N2O2/c1-22-16-17-25(18-23(22)2)20-31(37)36(21-27-28(33)14-9-15-29(27)34)30(19-24-10-5-3-6-11-24)32(38)35-26-12-7-4-8-13-26/h3,5-6,9-11,14-18,26,30H,4,7-8,12-13,19-21H2,1-2H3,(H,35,38)/t30-/m1/s1. The molecule has 1 fully saturated rings. The first kappa shape index (κ1) is 28.2. The van der Waals surface area contributed by atoms with E-state index in [0.717, 1.165) is 42.4 Å². The quantitative estimate of drug-likeness (QED) is 0.305. The number of hydrogen-bond donors (Lipinski definition) is 1. The third kappa shape index (κ3) is 7.39. The van der Waals surface area contributed by atoms with Crippen LogP contribution in [0.25, 0.3) is 0 Å². The van der Waals surface area contributed by atoms with Gasteiger partial charge in [0.05, 0.1) is 6.42 Å². The second-order valence-corrected chi connectivity index (χ2v) is 11.2. The molecule has 0 radical (unpaired) electrons. The Bertz CT molecular complexity index is 1240. The Morgan fingerprint density at radius 3 is 2.21 bits per heavy atom. The number of aryl methyl sites for hydroxylation is 2. The van der Waals surface area contributed by atoms with Gasteiger partial charge in [0.15, 0.2) is 0 Å². The number of nitrogens with one attached hydrogen (secondary N) is 1. The van der Waals surface area contributed by atoms with E-state index in [0.29, 0.717) is 22.0 Å². The van der Waals surface area contributed by atoms with Crippen LogP contribution >= 0.6 is 23.2 Å². The van der Waals surface area contributed by atoms with Crippen LogP contribution in [0.15, 0.2) is 66.7 Å². The van der Waals surface area contributed by atoms with Crippen LogP contribution in [0.5, 0.6) is 0 Å². The lowest BCUT2D eigenvalue weighted by Gasteiger charge is -2.34. The van der Waals surface area contributed by atoms with Crippen LogP contribution in [0, 0.1) is 13.8 Å². The average Bonchev–Trinajstić information content (AvgIpc) is 2.91. The molecule has 1 aliphatic rings. The summed E-state index contributed by atoms with van der Waals surface area (Å²) in [4.78, 5) is 29.6. The van der Waals surface area contributed by atoms with E-state index in [1.54, 1.807) is 23.1 Å². The van der Waals surface area contributed by atoms with Gasteiger partial charge in [-0.25, -0.2) is 0 Å². The van der Waals surface area contributed by atoms with Crippen molar-refractivity contribution in [3.05, 3.63) is 105 Å². The molecule has 0 saturated heterocycles. The highest BCUT2D eigenvalue weighted by Crippen LogP contribution is 2.28. The molecule has 38 heavy (non-hydrogen) atoms. The lowest BCUT2D eigenvalue weighted by molar-refractivity contribution is -0.141. The molecule has 0 unspecified atom stereocenters. The molecule has 6 heteroatoms. The molecule has 200 valence electrons. The number of carbonyl (C=O) groups excluding carboxylic acids is 2. The summed E-state index contributed by atoms with van der Waals surface area (Å²) in [5, 5.41) is 4.23. The number of benzene rings is 3. The van der Waals surface area contributed by atoms with E-state index < -0.39 is 6.04 Å². The van der Waals surface area contributed by atoms with E-state index in [-0.39, 0.29) is 30.8 Å². The second kappa shape index (κ2) is 13.3. The fourth-order valence-electron chi connectivity index (χ4n) is 5.14. The van der Waals surface area contributed by atoms with Crippen LogP contribution in [0.1, 0.15) is 59.9 Å². The first-order chi connectivity index (χ1) is 18.3. The lowest BCUT2D eigenvalue weighted by Crippen LogP contribution is -2.53. The Labute approximate surface area is 236 Å². The van der Waals surface area contributed by atoms with Crippen LogP contribution in [0.4, 0.5) is 0 Å². The fourth-order valence-corrected chi connectivity index (χ4v) is 5.66. The largest absolute Gasteiger partial charge is 0.352 e. The van der Waals surface area contributed by atoms with Crippen molar-refractivity contribution in [3.63, 3.8) is 0 Å². The van der Waals surface area contributed by atoms with Gasteiger partial charge in [0.2, 0.25) is 11.8 Å². The molecule has 3 aromatic rings. The predicted octanol–water partition coefficient (Wildman–Crippen LogP) is 7.24. The van der Waals surface area contributed by atoms with Gasteiger partial charge in [-0.3, -0.25) is 9.59 Å². The molecule has 0 spiro atoms. The number of halogens is 2. The minimum atomic E-state index is -0.703.